The fourth-order valence-corrected chi connectivity index (χ4v) is 0.942. The summed E-state index contributed by atoms with van der Waals surface area (Å²) in [6, 6.07) is 0. The van der Waals surface area contributed by atoms with Gasteiger partial charge in [-0.2, -0.15) is 0 Å². The molecule has 0 aromatic carbocycles. The summed E-state index contributed by atoms with van der Waals surface area (Å²) in [5, 5.41) is 0.201. The maximum absolute atomic E-state index is 5.61. The monoisotopic (exact) mass is 169 g/mol. The van der Waals surface area contributed by atoms with Crippen LogP contribution in [0.5, 0.6) is 0 Å². The molecule has 1 rings (SSSR count). The summed E-state index contributed by atoms with van der Waals surface area (Å²) < 4.78 is 0. The molecule has 1 aromatic heterocycles. The van der Waals surface area contributed by atoms with Crippen LogP contribution in [0.25, 0.3) is 6.08 Å². The van der Waals surface area contributed by atoms with Crippen molar-refractivity contribution in [2.24, 2.45) is 0 Å². The van der Waals surface area contributed by atoms with Crippen molar-refractivity contribution in [3.8, 4) is 0 Å². The number of nitrogen functional groups attached to an aromatic ring is 1. The standard InChI is InChI=1S/C7H8ClN3/c1-3-5-6(9)4(2)10-7(8)11-5/h3H,1,9H2,2H3. The van der Waals surface area contributed by atoms with E-state index in [1.807, 2.05) is 0 Å². The lowest BCUT2D eigenvalue weighted by molar-refractivity contribution is 1.10. The fraction of sp³-hybridized carbons (Fsp3) is 0.143. The van der Waals surface area contributed by atoms with Crippen molar-refractivity contribution in [2.75, 3.05) is 5.73 Å². The molecule has 0 fully saturated rings. The van der Waals surface area contributed by atoms with Gasteiger partial charge in [-0.1, -0.05) is 6.58 Å². The largest absolute Gasteiger partial charge is 0.396 e. The Morgan fingerprint density at radius 1 is 1.55 bits per heavy atom. The van der Waals surface area contributed by atoms with Crippen LogP contribution in [0.1, 0.15) is 11.4 Å². The molecule has 2 N–H and O–H groups in total. The smallest absolute Gasteiger partial charge is 0.223 e. The zero-order chi connectivity index (χ0) is 8.43. The molecule has 11 heavy (non-hydrogen) atoms. The minimum atomic E-state index is 0.201. The first-order valence-electron chi connectivity index (χ1n) is 3.07. The van der Waals surface area contributed by atoms with Crippen molar-refractivity contribution in [2.45, 2.75) is 6.92 Å². The van der Waals surface area contributed by atoms with Gasteiger partial charge >= 0.3 is 0 Å². The molecule has 0 spiro atoms. The van der Waals surface area contributed by atoms with E-state index in [9.17, 15) is 0 Å². The minimum absolute atomic E-state index is 0.201. The Bertz CT molecular complexity index is 296. The van der Waals surface area contributed by atoms with Crippen LogP contribution in [-0.2, 0) is 0 Å². The molecule has 0 saturated carbocycles. The van der Waals surface area contributed by atoms with Gasteiger partial charge in [0.05, 0.1) is 17.1 Å². The van der Waals surface area contributed by atoms with E-state index in [2.05, 4.69) is 16.5 Å². The molecule has 58 valence electrons. The number of nitrogens with zero attached hydrogens (tertiary/aromatic N) is 2. The molecule has 0 unspecified atom stereocenters. The Hall–Kier alpha value is -1.09. The van der Waals surface area contributed by atoms with Gasteiger partial charge in [-0.05, 0) is 24.6 Å². The molecule has 0 bridgehead atoms. The second kappa shape index (κ2) is 2.88. The maximum atomic E-state index is 5.61. The van der Waals surface area contributed by atoms with Gasteiger partial charge in [0.15, 0.2) is 0 Å². The van der Waals surface area contributed by atoms with Crippen LogP contribution in [0, 0.1) is 6.92 Å². The second-order valence-corrected chi connectivity index (χ2v) is 2.42. The summed E-state index contributed by atoms with van der Waals surface area (Å²) in [6.45, 7) is 5.32. The molecule has 0 aliphatic heterocycles. The van der Waals surface area contributed by atoms with Crippen LogP contribution >= 0.6 is 11.6 Å². The highest BCUT2D eigenvalue weighted by atomic mass is 35.5. The predicted molar refractivity (Wildman–Crippen MR) is 46.3 cm³/mol. The number of hydrogen-bond donors (Lipinski definition) is 1. The minimum Gasteiger partial charge on any atom is -0.396 e. The molecule has 0 atom stereocenters. The third kappa shape index (κ3) is 1.49. The van der Waals surface area contributed by atoms with Crippen molar-refractivity contribution in [3.63, 3.8) is 0 Å². The van der Waals surface area contributed by atoms with Crippen LogP contribution in [0.2, 0.25) is 5.28 Å². The Kier molecular flexibility index (Phi) is 2.10. The SMILES string of the molecule is C=Cc1nc(Cl)nc(C)c1N. The second-order valence-electron chi connectivity index (χ2n) is 2.08. The zero-order valence-corrected chi connectivity index (χ0v) is 6.89. The van der Waals surface area contributed by atoms with Gasteiger partial charge in [0.25, 0.3) is 0 Å². The maximum Gasteiger partial charge on any atom is 0.223 e. The predicted octanol–water partition coefficient (Wildman–Crippen LogP) is 1.66. The van der Waals surface area contributed by atoms with Crippen LogP contribution in [0.3, 0.4) is 0 Å². The third-order valence-electron chi connectivity index (χ3n) is 1.33. The van der Waals surface area contributed by atoms with Gasteiger partial charge in [0, 0.05) is 0 Å². The summed E-state index contributed by atoms with van der Waals surface area (Å²) in [7, 11) is 0. The van der Waals surface area contributed by atoms with E-state index in [0.717, 1.165) is 0 Å². The summed E-state index contributed by atoms with van der Waals surface area (Å²) in [4.78, 5) is 7.73. The average molecular weight is 170 g/mol. The van der Waals surface area contributed by atoms with E-state index in [4.69, 9.17) is 17.3 Å². The van der Waals surface area contributed by atoms with Gasteiger partial charge < -0.3 is 5.73 Å². The molecule has 1 aromatic rings. The lowest BCUT2D eigenvalue weighted by atomic mass is 10.3. The topological polar surface area (TPSA) is 51.8 Å². The number of hydrogen-bond acceptors (Lipinski definition) is 3. The molecule has 0 radical (unpaired) electrons. The van der Waals surface area contributed by atoms with Gasteiger partial charge in [-0.25, -0.2) is 9.97 Å². The number of nitrogens with two attached hydrogens (primary N) is 1. The molecular formula is C7H8ClN3. The summed E-state index contributed by atoms with van der Waals surface area (Å²) >= 11 is 5.58. The number of aromatic nitrogens is 2. The Morgan fingerprint density at radius 3 is 2.73 bits per heavy atom. The van der Waals surface area contributed by atoms with E-state index < -0.39 is 0 Å². The van der Waals surface area contributed by atoms with E-state index in [-0.39, 0.29) is 5.28 Å². The van der Waals surface area contributed by atoms with Crippen LogP contribution in [0.15, 0.2) is 6.58 Å². The molecule has 3 nitrogen and oxygen atoms in total. The van der Waals surface area contributed by atoms with Gasteiger partial charge in [0.1, 0.15) is 0 Å². The summed E-state index contributed by atoms with van der Waals surface area (Å²) in [6.07, 6.45) is 1.55. The zero-order valence-electron chi connectivity index (χ0n) is 6.13. The normalized spacial score (nSPS) is 9.64. The molecule has 0 amide bonds. The average Bonchev–Trinajstić information content (AvgIpc) is 1.96. The van der Waals surface area contributed by atoms with Gasteiger partial charge in [-0.3, -0.25) is 0 Å². The Morgan fingerprint density at radius 2 is 2.18 bits per heavy atom. The van der Waals surface area contributed by atoms with E-state index in [1.165, 1.54) is 0 Å². The van der Waals surface area contributed by atoms with Crippen molar-refractivity contribution in [3.05, 3.63) is 23.3 Å². The lowest BCUT2D eigenvalue weighted by Gasteiger charge is -2.01. The fourth-order valence-electron chi connectivity index (χ4n) is 0.724. The number of aryl methyl sites for hydroxylation is 1. The van der Waals surface area contributed by atoms with E-state index in [0.29, 0.717) is 17.1 Å². The number of anilines is 1. The molecule has 4 heteroatoms. The highest BCUT2D eigenvalue weighted by Gasteiger charge is 2.03. The Labute approximate surface area is 69.9 Å². The third-order valence-corrected chi connectivity index (χ3v) is 1.50. The molecular weight excluding hydrogens is 162 g/mol. The van der Waals surface area contributed by atoms with Gasteiger partial charge in [0.2, 0.25) is 5.28 Å². The number of halogens is 1. The van der Waals surface area contributed by atoms with Crippen molar-refractivity contribution in [1.29, 1.82) is 0 Å². The van der Waals surface area contributed by atoms with Crippen LogP contribution in [0.4, 0.5) is 5.69 Å². The van der Waals surface area contributed by atoms with Crippen LogP contribution in [-0.4, -0.2) is 9.97 Å². The van der Waals surface area contributed by atoms with E-state index in [1.54, 1.807) is 13.0 Å². The molecule has 1 heterocycles. The van der Waals surface area contributed by atoms with Crippen molar-refractivity contribution >= 4 is 23.4 Å². The van der Waals surface area contributed by atoms with Crippen molar-refractivity contribution in [1.82, 2.24) is 9.97 Å². The Balaban J connectivity index is 3.35. The first-order chi connectivity index (χ1) is 5.15. The molecule has 0 aliphatic carbocycles. The first kappa shape index (κ1) is 8.01. The highest BCUT2D eigenvalue weighted by molar-refractivity contribution is 6.28. The first-order valence-corrected chi connectivity index (χ1v) is 3.45. The molecule has 0 aliphatic rings. The van der Waals surface area contributed by atoms with Crippen LogP contribution < -0.4 is 5.73 Å². The van der Waals surface area contributed by atoms with E-state index >= 15 is 0 Å². The molecule has 0 saturated heterocycles. The number of rotatable bonds is 1. The summed E-state index contributed by atoms with van der Waals surface area (Å²) in [5.74, 6) is 0. The summed E-state index contributed by atoms with van der Waals surface area (Å²) in [5.41, 5.74) is 7.41. The quantitative estimate of drug-likeness (QED) is 0.651. The van der Waals surface area contributed by atoms with Crippen molar-refractivity contribution < 1.29 is 0 Å². The lowest BCUT2D eigenvalue weighted by Crippen LogP contribution is -1.99. The highest BCUT2D eigenvalue weighted by Crippen LogP contribution is 2.15. The van der Waals surface area contributed by atoms with Gasteiger partial charge in [-0.15, -0.1) is 0 Å².